The van der Waals surface area contributed by atoms with E-state index >= 15 is 0 Å². The highest BCUT2D eigenvalue weighted by molar-refractivity contribution is 4.96. The van der Waals surface area contributed by atoms with Crippen molar-refractivity contribution in [2.24, 2.45) is 0 Å². The maximum atomic E-state index is 9.65. The summed E-state index contributed by atoms with van der Waals surface area (Å²) < 4.78 is 10.3. The van der Waals surface area contributed by atoms with Gasteiger partial charge in [0.2, 0.25) is 0 Å². The van der Waals surface area contributed by atoms with Crippen LogP contribution in [0.1, 0.15) is 12.7 Å². The van der Waals surface area contributed by atoms with Gasteiger partial charge in [-0.15, -0.1) is 0 Å². The molecule has 0 aliphatic carbocycles. The lowest BCUT2D eigenvalue weighted by Crippen LogP contribution is -2.51. The molecule has 0 aromatic carbocycles. The molecule has 0 bridgehead atoms. The van der Waals surface area contributed by atoms with E-state index in [9.17, 15) is 5.11 Å². The molecule has 6 heteroatoms. The fourth-order valence-electron chi connectivity index (χ4n) is 1.28. The average molecular weight is 259 g/mol. The molecule has 4 N–H and O–H groups in total. The molecule has 1 aromatic rings. The Hall–Kier alpha value is -0.920. The average Bonchev–Trinajstić information content (AvgIpc) is 2.89. The summed E-state index contributed by atoms with van der Waals surface area (Å²) in [6.07, 6.45) is 0.849. The van der Waals surface area contributed by atoms with Crippen molar-refractivity contribution < 1.29 is 24.5 Å². The minimum absolute atomic E-state index is 0.153. The molecule has 1 atom stereocenters. The highest BCUT2D eigenvalue weighted by atomic mass is 16.5. The first-order chi connectivity index (χ1) is 8.59. The maximum Gasteiger partial charge on any atom is 0.129 e. The van der Waals surface area contributed by atoms with Crippen molar-refractivity contribution in [2.75, 3.05) is 26.4 Å². The quantitative estimate of drug-likeness (QED) is 0.477. The largest absolute Gasteiger partial charge is 0.467 e. The SMILES string of the molecule is CC(CO)(CO)NCC(O)COCc1ccco1. The lowest BCUT2D eigenvalue weighted by atomic mass is 10.1. The number of hydrogen-bond acceptors (Lipinski definition) is 6. The fourth-order valence-corrected chi connectivity index (χ4v) is 1.28. The summed E-state index contributed by atoms with van der Waals surface area (Å²) in [5.41, 5.74) is -0.790. The third-order valence-corrected chi connectivity index (χ3v) is 2.60. The second kappa shape index (κ2) is 7.50. The summed E-state index contributed by atoms with van der Waals surface area (Å²) in [6.45, 7) is 1.95. The molecule has 1 heterocycles. The lowest BCUT2D eigenvalue weighted by molar-refractivity contribution is 0.0133. The predicted octanol–water partition coefficient (Wildman–Crippen LogP) is -0.510. The van der Waals surface area contributed by atoms with Crippen molar-refractivity contribution in [2.45, 2.75) is 25.2 Å². The van der Waals surface area contributed by atoms with E-state index in [1.165, 1.54) is 0 Å². The van der Waals surface area contributed by atoms with Gasteiger partial charge in [0.15, 0.2) is 0 Å². The molecule has 0 aliphatic heterocycles. The summed E-state index contributed by atoms with van der Waals surface area (Å²) in [4.78, 5) is 0. The van der Waals surface area contributed by atoms with E-state index in [1.54, 1.807) is 25.3 Å². The van der Waals surface area contributed by atoms with E-state index in [0.717, 1.165) is 0 Å². The molecule has 6 nitrogen and oxygen atoms in total. The minimum atomic E-state index is -0.790. The van der Waals surface area contributed by atoms with Gasteiger partial charge in [-0.1, -0.05) is 0 Å². The van der Waals surface area contributed by atoms with Crippen molar-refractivity contribution >= 4 is 0 Å². The normalized spacial score (nSPS) is 13.8. The van der Waals surface area contributed by atoms with Gasteiger partial charge in [-0.2, -0.15) is 0 Å². The topological polar surface area (TPSA) is 95.1 Å². The van der Waals surface area contributed by atoms with Crippen molar-refractivity contribution in [1.29, 1.82) is 0 Å². The van der Waals surface area contributed by atoms with Crippen molar-refractivity contribution in [3.8, 4) is 0 Å². The standard InChI is InChI=1S/C12H21NO5/c1-12(8-14,9-15)13-5-10(16)6-17-7-11-3-2-4-18-11/h2-4,10,13-16H,5-9H2,1H3. The Morgan fingerprint density at radius 2 is 2.17 bits per heavy atom. The summed E-state index contributed by atoms with van der Waals surface area (Å²) in [5.74, 6) is 0.700. The number of β-amino-alcohol motifs (C(OH)–C–C–N with tert-alkyl or cyclic N) is 1. The van der Waals surface area contributed by atoms with Crippen molar-refractivity contribution in [1.82, 2.24) is 5.32 Å². The Labute approximate surface area is 106 Å². The molecule has 0 saturated carbocycles. The van der Waals surface area contributed by atoms with Crippen LogP contribution in [0.25, 0.3) is 0 Å². The zero-order valence-corrected chi connectivity index (χ0v) is 10.5. The number of rotatable bonds is 9. The van der Waals surface area contributed by atoms with Crippen LogP contribution in [0.4, 0.5) is 0 Å². The predicted molar refractivity (Wildman–Crippen MR) is 65.0 cm³/mol. The second-order valence-corrected chi connectivity index (χ2v) is 4.51. The zero-order chi connectivity index (χ0) is 13.4. The number of furan rings is 1. The third-order valence-electron chi connectivity index (χ3n) is 2.60. The Bertz CT molecular complexity index is 310. The second-order valence-electron chi connectivity index (χ2n) is 4.51. The van der Waals surface area contributed by atoms with Gasteiger partial charge in [-0.3, -0.25) is 0 Å². The molecule has 1 rings (SSSR count). The zero-order valence-electron chi connectivity index (χ0n) is 10.5. The van der Waals surface area contributed by atoms with Crippen LogP contribution in [0.2, 0.25) is 0 Å². The molecule has 0 saturated heterocycles. The highest BCUT2D eigenvalue weighted by Crippen LogP contribution is 2.03. The fraction of sp³-hybridized carbons (Fsp3) is 0.667. The van der Waals surface area contributed by atoms with E-state index in [-0.39, 0.29) is 26.4 Å². The van der Waals surface area contributed by atoms with Crippen LogP contribution in [0, 0.1) is 0 Å². The van der Waals surface area contributed by atoms with Gasteiger partial charge in [-0.05, 0) is 19.1 Å². The van der Waals surface area contributed by atoms with Gasteiger partial charge >= 0.3 is 0 Å². The lowest BCUT2D eigenvalue weighted by Gasteiger charge is -2.27. The van der Waals surface area contributed by atoms with Gasteiger partial charge in [0.05, 0.1) is 37.7 Å². The van der Waals surface area contributed by atoms with Crippen molar-refractivity contribution in [3.05, 3.63) is 24.2 Å². The van der Waals surface area contributed by atoms with E-state index in [2.05, 4.69) is 5.32 Å². The van der Waals surface area contributed by atoms with Gasteiger partial charge < -0.3 is 29.8 Å². The number of ether oxygens (including phenoxy) is 1. The first-order valence-electron chi connectivity index (χ1n) is 5.84. The molecule has 0 fully saturated rings. The van der Waals surface area contributed by atoms with Gasteiger partial charge in [0, 0.05) is 6.54 Å². The van der Waals surface area contributed by atoms with Gasteiger partial charge in [0.1, 0.15) is 12.4 Å². The van der Waals surface area contributed by atoms with Crippen LogP contribution >= 0.6 is 0 Å². The number of hydrogen-bond donors (Lipinski definition) is 4. The van der Waals surface area contributed by atoms with Gasteiger partial charge in [0.25, 0.3) is 0 Å². The summed E-state index contributed by atoms with van der Waals surface area (Å²) in [7, 11) is 0. The van der Waals surface area contributed by atoms with Crippen LogP contribution in [0.15, 0.2) is 22.8 Å². The van der Waals surface area contributed by atoms with E-state index in [1.807, 2.05) is 0 Å². The van der Waals surface area contributed by atoms with Crippen LogP contribution < -0.4 is 5.32 Å². The molecular weight excluding hydrogens is 238 g/mol. The van der Waals surface area contributed by atoms with Crippen LogP contribution in [0.3, 0.4) is 0 Å². The summed E-state index contributed by atoms with van der Waals surface area (Å²) >= 11 is 0. The number of aliphatic hydroxyl groups excluding tert-OH is 3. The van der Waals surface area contributed by atoms with Crippen molar-refractivity contribution in [3.63, 3.8) is 0 Å². The highest BCUT2D eigenvalue weighted by Gasteiger charge is 2.22. The summed E-state index contributed by atoms with van der Waals surface area (Å²) in [5, 5.41) is 30.6. The minimum Gasteiger partial charge on any atom is -0.467 e. The number of nitrogens with one attached hydrogen (secondary N) is 1. The molecule has 18 heavy (non-hydrogen) atoms. The molecule has 104 valence electrons. The van der Waals surface area contributed by atoms with E-state index in [0.29, 0.717) is 12.4 Å². The Morgan fingerprint density at radius 1 is 1.44 bits per heavy atom. The third kappa shape index (κ3) is 5.16. The molecular formula is C12H21NO5. The van der Waals surface area contributed by atoms with Gasteiger partial charge in [-0.25, -0.2) is 0 Å². The Kier molecular flexibility index (Phi) is 6.31. The van der Waals surface area contributed by atoms with E-state index < -0.39 is 11.6 Å². The molecule has 0 aliphatic rings. The molecule has 1 aromatic heterocycles. The summed E-state index contributed by atoms with van der Waals surface area (Å²) in [6, 6.07) is 3.56. The monoisotopic (exact) mass is 259 g/mol. The van der Waals surface area contributed by atoms with Crippen LogP contribution in [-0.4, -0.2) is 53.3 Å². The molecule has 0 amide bonds. The number of aliphatic hydroxyl groups is 3. The van der Waals surface area contributed by atoms with Crippen LogP contribution in [0.5, 0.6) is 0 Å². The molecule has 0 radical (unpaired) electrons. The first-order valence-corrected chi connectivity index (χ1v) is 5.84. The van der Waals surface area contributed by atoms with E-state index in [4.69, 9.17) is 19.4 Å². The Morgan fingerprint density at radius 3 is 2.72 bits per heavy atom. The Balaban J connectivity index is 2.15. The first kappa shape index (κ1) is 15.1. The molecule has 0 spiro atoms. The maximum absolute atomic E-state index is 9.65. The van der Waals surface area contributed by atoms with Crippen LogP contribution in [-0.2, 0) is 11.3 Å². The smallest absolute Gasteiger partial charge is 0.129 e. The molecule has 1 unspecified atom stereocenters.